The van der Waals surface area contributed by atoms with Gasteiger partial charge in [-0.25, -0.2) is 15.0 Å². The Kier molecular flexibility index (Phi) is 3.93. The molecule has 1 N–H and O–H groups in total. The average molecular weight is 361 g/mol. The van der Waals surface area contributed by atoms with Crippen molar-refractivity contribution < 1.29 is 4.42 Å². The molecular formula is C19H19N7O. The highest BCUT2D eigenvalue weighted by Gasteiger charge is 2.25. The van der Waals surface area contributed by atoms with E-state index in [0.29, 0.717) is 6.04 Å². The van der Waals surface area contributed by atoms with E-state index in [0.717, 1.165) is 54.9 Å². The highest BCUT2D eigenvalue weighted by atomic mass is 16.3. The Hall–Kier alpha value is -3.42. The van der Waals surface area contributed by atoms with Crippen molar-refractivity contribution in [1.29, 1.82) is 0 Å². The highest BCUT2D eigenvalue weighted by Crippen LogP contribution is 2.31. The van der Waals surface area contributed by atoms with Gasteiger partial charge in [0.15, 0.2) is 17.3 Å². The van der Waals surface area contributed by atoms with E-state index in [1.165, 1.54) is 0 Å². The zero-order chi connectivity index (χ0) is 18.1. The summed E-state index contributed by atoms with van der Waals surface area (Å²) in [6.07, 6.45) is 11.3. The summed E-state index contributed by atoms with van der Waals surface area (Å²) in [6, 6.07) is 7.91. The van der Waals surface area contributed by atoms with Crippen molar-refractivity contribution in [3.8, 4) is 23.0 Å². The summed E-state index contributed by atoms with van der Waals surface area (Å²) in [5.41, 5.74) is 0.851. The quantitative estimate of drug-likeness (QED) is 0.601. The van der Waals surface area contributed by atoms with Gasteiger partial charge < -0.3 is 13.9 Å². The molecule has 0 radical (unpaired) electrons. The Balaban J connectivity index is 1.41. The lowest BCUT2D eigenvalue weighted by atomic mass is 10.1. The van der Waals surface area contributed by atoms with Crippen LogP contribution in [0.3, 0.4) is 0 Å². The van der Waals surface area contributed by atoms with E-state index in [4.69, 9.17) is 4.42 Å². The molecule has 4 aromatic rings. The molecule has 1 fully saturated rings. The summed E-state index contributed by atoms with van der Waals surface area (Å²) in [6.45, 7) is 1.82. The first kappa shape index (κ1) is 15.8. The Labute approximate surface area is 155 Å². The molecule has 136 valence electrons. The van der Waals surface area contributed by atoms with E-state index in [1.54, 1.807) is 18.6 Å². The molecule has 0 aromatic carbocycles. The van der Waals surface area contributed by atoms with Crippen LogP contribution in [-0.2, 0) is 0 Å². The number of rotatable bonds is 4. The summed E-state index contributed by atoms with van der Waals surface area (Å²) in [4.78, 5) is 15.6. The molecule has 8 nitrogen and oxygen atoms in total. The number of piperidine rings is 1. The smallest absolute Gasteiger partial charge is 0.225 e. The number of hydrogen-bond donors (Lipinski definition) is 1. The Morgan fingerprint density at radius 3 is 2.74 bits per heavy atom. The molecule has 0 spiro atoms. The van der Waals surface area contributed by atoms with Crippen molar-refractivity contribution in [2.24, 2.45) is 0 Å². The normalized spacial score (nSPS) is 17.3. The second kappa shape index (κ2) is 6.71. The number of nitrogens with one attached hydrogen (secondary N) is 1. The molecule has 1 unspecified atom stereocenters. The second-order valence-electron chi connectivity index (χ2n) is 6.58. The highest BCUT2D eigenvalue weighted by molar-refractivity contribution is 5.58. The van der Waals surface area contributed by atoms with Crippen LogP contribution < -0.4 is 4.90 Å². The van der Waals surface area contributed by atoms with E-state index in [-0.39, 0.29) is 0 Å². The van der Waals surface area contributed by atoms with Gasteiger partial charge in [-0.15, -0.1) is 0 Å². The van der Waals surface area contributed by atoms with Crippen LogP contribution in [0, 0.1) is 0 Å². The summed E-state index contributed by atoms with van der Waals surface area (Å²) in [5.74, 6) is 3.11. The number of nitrogens with zero attached hydrogens (tertiary/aromatic N) is 6. The van der Waals surface area contributed by atoms with Gasteiger partial charge in [0, 0.05) is 44.1 Å². The molecule has 8 heteroatoms. The van der Waals surface area contributed by atoms with E-state index >= 15 is 0 Å². The zero-order valence-electron chi connectivity index (χ0n) is 14.7. The maximum atomic E-state index is 6.02. The molecule has 27 heavy (non-hydrogen) atoms. The fourth-order valence-electron chi connectivity index (χ4n) is 3.61. The van der Waals surface area contributed by atoms with Crippen molar-refractivity contribution in [2.75, 3.05) is 18.0 Å². The number of H-pyrrole nitrogens is 1. The zero-order valence-corrected chi connectivity index (χ0v) is 14.7. The van der Waals surface area contributed by atoms with Crippen LogP contribution in [0.1, 0.15) is 18.9 Å². The molecule has 0 bridgehead atoms. The SMILES string of the molecule is c1cnc(N2CCCC(n3ccnc3-c3ccc(-c4ccn[nH]4)o3)C2)nc1. The summed E-state index contributed by atoms with van der Waals surface area (Å²) in [7, 11) is 0. The molecule has 0 aliphatic carbocycles. The van der Waals surface area contributed by atoms with Gasteiger partial charge in [-0.3, -0.25) is 5.10 Å². The number of imidazole rings is 1. The largest absolute Gasteiger partial charge is 0.451 e. The molecule has 0 amide bonds. The number of anilines is 1. The standard InChI is InChI=1S/C19H19N7O/c1-3-14(13-25(11-1)19-21-7-2-8-22-19)26-12-10-20-18(26)17-5-4-16(27-17)15-6-9-23-24-15/h2,4-10,12,14H,1,3,11,13H2,(H,23,24). The van der Waals surface area contributed by atoms with Crippen molar-refractivity contribution in [3.63, 3.8) is 0 Å². The van der Waals surface area contributed by atoms with Gasteiger partial charge >= 0.3 is 0 Å². The number of furan rings is 1. The first-order valence-corrected chi connectivity index (χ1v) is 9.03. The van der Waals surface area contributed by atoms with Crippen LogP contribution >= 0.6 is 0 Å². The fraction of sp³-hybridized carbons (Fsp3) is 0.263. The minimum absolute atomic E-state index is 0.292. The predicted octanol–water partition coefficient (Wildman–Crippen LogP) is 3.16. The first-order chi connectivity index (χ1) is 13.4. The molecular weight excluding hydrogens is 342 g/mol. The van der Waals surface area contributed by atoms with Gasteiger partial charge in [0.2, 0.25) is 5.95 Å². The lowest BCUT2D eigenvalue weighted by Crippen LogP contribution is -2.37. The number of hydrogen-bond acceptors (Lipinski definition) is 6. The van der Waals surface area contributed by atoms with E-state index in [1.807, 2.05) is 36.7 Å². The second-order valence-corrected chi connectivity index (χ2v) is 6.58. The lowest BCUT2D eigenvalue weighted by molar-refractivity contribution is 0.401. The van der Waals surface area contributed by atoms with Gasteiger partial charge in [-0.1, -0.05) is 0 Å². The van der Waals surface area contributed by atoms with Crippen molar-refractivity contribution in [1.82, 2.24) is 29.7 Å². The number of aromatic nitrogens is 6. The Morgan fingerprint density at radius 2 is 1.89 bits per heavy atom. The van der Waals surface area contributed by atoms with Gasteiger partial charge in [0.05, 0.1) is 6.04 Å². The van der Waals surface area contributed by atoms with Crippen molar-refractivity contribution >= 4 is 5.95 Å². The lowest BCUT2D eigenvalue weighted by Gasteiger charge is -2.33. The van der Waals surface area contributed by atoms with E-state index in [9.17, 15) is 0 Å². The average Bonchev–Trinajstić information content (AvgIpc) is 3.49. The molecule has 1 saturated heterocycles. The van der Waals surface area contributed by atoms with Crippen molar-refractivity contribution in [2.45, 2.75) is 18.9 Å². The van der Waals surface area contributed by atoms with Gasteiger partial charge in [0.1, 0.15) is 5.69 Å². The summed E-state index contributed by atoms with van der Waals surface area (Å²) < 4.78 is 8.22. The first-order valence-electron chi connectivity index (χ1n) is 9.03. The monoisotopic (exact) mass is 361 g/mol. The van der Waals surface area contributed by atoms with Crippen LogP contribution in [0.15, 0.2) is 59.7 Å². The molecule has 1 aliphatic rings. The van der Waals surface area contributed by atoms with E-state index in [2.05, 4.69) is 34.6 Å². The molecule has 5 rings (SSSR count). The van der Waals surface area contributed by atoms with Crippen LogP contribution in [0.25, 0.3) is 23.0 Å². The Bertz CT molecular complexity index is 1010. The third-order valence-corrected chi connectivity index (χ3v) is 4.89. The van der Waals surface area contributed by atoms with Crippen molar-refractivity contribution in [3.05, 3.63) is 55.2 Å². The molecule has 5 heterocycles. The third-order valence-electron chi connectivity index (χ3n) is 4.89. The van der Waals surface area contributed by atoms with Crippen LogP contribution in [0.2, 0.25) is 0 Å². The topological polar surface area (TPSA) is 88.7 Å². The van der Waals surface area contributed by atoms with Crippen LogP contribution in [-0.4, -0.2) is 42.8 Å². The van der Waals surface area contributed by atoms with Crippen LogP contribution in [0.5, 0.6) is 0 Å². The summed E-state index contributed by atoms with van der Waals surface area (Å²) >= 11 is 0. The molecule has 1 aliphatic heterocycles. The minimum Gasteiger partial charge on any atom is -0.451 e. The predicted molar refractivity (Wildman–Crippen MR) is 100 cm³/mol. The summed E-state index contributed by atoms with van der Waals surface area (Å²) in [5, 5.41) is 6.90. The van der Waals surface area contributed by atoms with Gasteiger partial charge in [-0.2, -0.15) is 5.10 Å². The number of aromatic amines is 1. The molecule has 1 atom stereocenters. The van der Waals surface area contributed by atoms with Crippen LogP contribution in [0.4, 0.5) is 5.95 Å². The molecule has 0 saturated carbocycles. The van der Waals surface area contributed by atoms with E-state index < -0.39 is 0 Å². The fourth-order valence-corrected chi connectivity index (χ4v) is 3.61. The maximum Gasteiger partial charge on any atom is 0.225 e. The minimum atomic E-state index is 0.292. The third kappa shape index (κ3) is 2.99. The maximum absolute atomic E-state index is 6.02. The molecule has 4 aromatic heterocycles. The Morgan fingerprint density at radius 1 is 1.00 bits per heavy atom. The van der Waals surface area contributed by atoms with Gasteiger partial charge in [0.25, 0.3) is 0 Å². The van der Waals surface area contributed by atoms with Gasteiger partial charge in [-0.05, 0) is 37.1 Å².